The number of nitrogens with zero attached hydrogens (tertiary/aromatic N) is 3. The van der Waals surface area contributed by atoms with Gasteiger partial charge in [-0.25, -0.2) is 4.98 Å². The molecule has 0 saturated carbocycles. The van der Waals surface area contributed by atoms with E-state index in [2.05, 4.69) is 45.8 Å². The highest BCUT2D eigenvalue weighted by Gasteiger charge is 2.06. The molecule has 4 nitrogen and oxygen atoms in total. The zero-order chi connectivity index (χ0) is 13.7. The van der Waals surface area contributed by atoms with Crippen molar-refractivity contribution in [3.63, 3.8) is 0 Å². The summed E-state index contributed by atoms with van der Waals surface area (Å²) in [5, 5.41) is 3.54. The smallest absolute Gasteiger partial charge is 0.108 e. The summed E-state index contributed by atoms with van der Waals surface area (Å²) < 4.78 is 2.22. The highest BCUT2D eigenvalue weighted by molar-refractivity contribution is 5.15. The van der Waals surface area contributed by atoms with Crippen molar-refractivity contribution in [1.29, 1.82) is 0 Å². The molecule has 0 saturated heterocycles. The van der Waals surface area contributed by atoms with Crippen LogP contribution in [0.3, 0.4) is 0 Å². The molecule has 102 valence electrons. The molecule has 1 atom stereocenters. The van der Waals surface area contributed by atoms with Crippen molar-refractivity contribution in [1.82, 2.24) is 19.9 Å². The molecule has 2 aromatic rings. The van der Waals surface area contributed by atoms with Crippen LogP contribution < -0.4 is 5.32 Å². The lowest BCUT2D eigenvalue weighted by atomic mass is 10.2. The Bertz CT molecular complexity index is 518. The molecule has 0 spiro atoms. The molecule has 0 aliphatic heterocycles. The Hall–Kier alpha value is -1.68. The second-order valence-corrected chi connectivity index (χ2v) is 4.94. The molecule has 19 heavy (non-hydrogen) atoms. The van der Waals surface area contributed by atoms with E-state index in [1.54, 1.807) is 0 Å². The van der Waals surface area contributed by atoms with E-state index in [0.29, 0.717) is 6.04 Å². The van der Waals surface area contributed by atoms with E-state index in [9.17, 15) is 0 Å². The minimum atomic E-state index is 0.410. The van der Waals surface area contributed by atoms with Crippen LogP contribution in [0.5, 0.6) is 0 Å². The first-order valence-corrected chi connectivity index (χ1v) is 6.84. The predicted octanol–water partition coefficient (Wildman–Crippen LogP) is 2.33. The van der Waals surface area contributed by atoms with E-state index in [4.69, 9.17) is 0 Å². The number of aromatic nitrogens is 3. The van der Waals surface area contributed by atoms with Crippen LogP contribution in [-0.4, -0.2) is 20.6 Å². The maximum atomic E-state index is 4.34. The van der Waals surface area contributed by atoms with Gasteiger partial charge in [0.05, 0.1) is 0 Å². The summed E-state index contributed by atoms with van der Waals surface area (Å²) in [5.74, 6) is 1.15. The fraction of sp³-hybridized carbons (Fsp3) is 0.467. The molecular weight excluding hydrogens is 236 g/mol. The van der Waals surface area contributed by atoms with Gasteiger partial charge in [-0.2, -0.15) is 0 Å². The normalized spacial score (nSPS) is 12.6. The van der Waals surface area contributed by atoms with Crippen LogP contribution in [0.4, 0.5) is 0 Å². The summed E-state index contributed by atoms with van der Waals surface area (Å²) in [4.78, 5) is 8.55. The maximum absolute atomic E-state index is 4.34. The second kappa shape index (κ2) is 6.48. The summed E-state index contributed by atoms with van der Waals surface area (Å²) in [6.45, 7) is 8.18. The van der Waals surface area contributed by atoms with Crippen LogP contribution in [0, 0.1) is 6.92 Å². The first-order chi connectivity index (χ1) is 9.19. The van der Waals surface area contributed by atoms with Gasteiger partial charge in [-0.3, -0.25) is 4.98 Å². The third-order valence-electron chi connectivity index (χ3n) is 3.20. The largest absolute Gasteiger partial charge is 0.333 e. The fourth-order valence-electron chi connectivity index (χ4n) is 2.19. The first-order valence-electron chi connectivity index (χ1n) is 6.84. The van der Waals surface area contributed by atoms with Gasteiger partial charge < -0.3 is 9.88 Å². The summed E-state index contributed by atoms with van der Waals surface area (Å²) in [7, 11) is 0. The Morgan fingerprint density at radius 1 is 1.32 bits per heavy atom. The van der Waals surface area contributed by atoms with Gasteiger partial charge >= 0.3 is 0 Å². The van der Waals surface area contributed by atoms with Crippen LogP contribution in [0.15, 0.2) is 30.7 Å². The topological polar surface area (TPSA) is 42.7 Å². The summed E-state index contributed by atoms with van der Waals surface area (Å²) in [5.41, 5.74) is 2.34. The van der Waals surface area contributed by atoms with E-state index in [1.807, 2.05) is 25.5 Å². The van der Waals surface area contributed by atoms with E-state index < -0.39 is 0 Å². The quantitative estimate of drug-likeness (QED) is 0.864. The van der Waals surface area contributed by atoms with Crippen molar-refractivity contribution < 1.29 is 0 Å². The molecule has 0 aliphatic carbocycles. The van der Waals surface area contributed by atoms with Gasteiger partial charge in [-0.05, 0) is 31.5 Å². The molecule has 0 bridgehead atoms. The zero-order valence-corrected chi connectivity index (χ0v) is 11.9. The fourth-order valence-corrected chi connectivity index (χ4v) is 2.19. The Morgan fingerprint density at radius 2 is 2.16 bits per heavy atom. The van der Waals surface area contributed by atoms with Gasteiger partial charge in [-0.15, -0.1) is 0 Å². The third kappa shape index (κ3) is 3.89. The van der Waals surface area contributed by atoms with Crippen molar-refractivity contribution in [3.05, 3.63) is 47.8 Å². The monoisotopic (exact) mass is 258 g/mol. The minimum absolute atomic E-state index is 0.410. The number of nitrogens with one attached hydrogen (secondary N) is 1. The van der Waals surface area contributed by atoms with Gasteiger partial charge in [0, 0.05) is 49.8 Å². The minimum Gasteiger partial charge on any atom is -0.333 e. The molecule has 2 rings (SSSR count). The summed E-state index contributed by atoms with van der Waals surface area (Å²) >= 11 is 0. The van der Waals surface area contributed by atoms with Gasteiger partial charge in [-0.1, -0.05) is 6.92 Å². The van der Waals surface area contributed by atoms with E-state index >= 15 is 0 Å². The Morgan fingerprint density at radius 3 is 2.89 bits per heavy atom. The lowest BCUT2D eigenvalue weighted by molar-refractivity contribution is 0.467. The molecular formula is C15H22N4. The number of imidazole rings is 1. The van der Waals surface area contributed by atoms with Gasteiger partial charge in [0.2, 0.25) is 0 Å². The van der Waals surface area contributed by atoms with Crippen molar-refractivity contribution in [3.8, 4) is 0 Å². The lowest BCUT2D eigenvalue weighted by Crippen LogP contribution is -2.30. The second-order valence-electron chi connectivity index (χ2n) is 4.94. The molecule has 0 aliphatic rings. The van der Waals surface area contributed by atoms with Crippen molar-refractivity contribution in [2.75, 3.05) is 0 Å². The van der Waals surface area contributed by atoms with Gasteiger partial charge in [0.25, 0.3) is 0 Å². The Labute approximate surface area is 114 Å². The molecule has 4 heteroatoms. The Kier molecular flexibility index (Phi) is 4.68. The van der Waals surface area contributed by atoms with Crippen LogP contribution in [0.25, 0.3) is 0 Å². The summed E-state index contributed by atoms with van der Waals surface area (Å²) in [6.07, 6.45) is 6.76. The molecule has 0 fully saturated rings. The number of hydrogen-bond donors (Lipinski definition) is 1. The number of rotatable bonds is 6. The standard InChI is InChI=1S/C15H22N4/c1-4-15-17-7-8-19(15)11-13(3)18-10-14-5-6-16-12(2)9-14/h5-9,13,18H,4,10-11H2,1-3H3/t13-/m1/s1. The van der Waals surface area contributed by atoms with Crippen molar-refractivity contribution in [2.24, 2.45) is 0 Å². The van der Waals surface area contributed by atoms with Crippen LogP contribution in [0.1, 0.15) is 30.9 Å². The van der Waals surface area contributed by atoms with Crippen molar-refractivity contribution >= 4 is 0 Å². The van der Waals surface area contributed by atoms with Crippen LogP contribution >= 0.6 is 0 Å². The zero-order valence-electron chi connectivity index (χ0n) is 11.9. The molecule has 0 radical (unpaired) electrons. The molecule has 1 N–H and O–H groups in total. The molecule has 2 heterocycles. The Balaban J connectivity index is 1.86. The van der Waals surface area contributed by atoms with E-state index in [1.165, 1.54) is 5.56 Å². The summed E-state index contributed by atoms with van der Waals surface area (Å²) in [6, 6.07) is 4.59. The van der Waals surface area contributed by atoms with Crippen molar-refractivity contribution in [2.45, 2.75) is 46.3 Å². The van der Waals surface area contributed by atoms with Gasteiger partial charge in [0.1, 0.15) is 5.82 Å². The molecule has 0 amide bonds. The van der Waals surface area contributed by atoms with Gasteiger partial charge in [0.15, 0.2) is 0 Å². The van der Waals surface area contributed by atoms with Crippen LogP contribution in [-0.2, 0) is 19.5 Å². The molecule has 0 unspecified atom stereocenters. The predicted molar refractivity (Wildman–Crippen MR) is 76.9 cm³/mol. The molecule has 0 aromatic carbocycles. The third-order valence-corrected chi connectivity index (χ3v) is 3.20. The lowest BCUT2D eigenvalue weighted by Gasteiger charge is -2.16. The highest BCUT2D eigenvalue weighted by atomic mass is 15.1. The SMILES string of the molecule is CCc1nccn1C[C@@H](C)NCc1ccnc(C)c1. The molecule has 2 aromatic heterocycles. The highest BCUT2D eigenvalue weighted by Crippen LogP contribution is 2.03. The maximum Gasteiger partial charge on any atom is 0.108 e. The number of hydrogen-bond acceptors (Lipinski definition) is 3. The van der Waals surface area contributed by atoms with E-state index in [-0.39, 0.29) is 0 Å². The van der Waals surface area contributed by atoms with Crippen LogP contribution in [0.2, 0.25) is 0 Å². The van der Waals surface area contributed by atoms with E-state index in [0.717, 1.165) is 31.0 Å². The average molecular weight is 258 g/mol. The average Bonchev–Trinajstić information content (AvgIpc) is 2.84. The number of aryl methyl sites for hydroxylation is 2. The number of pyridine rings is 1. The first kappa shape index (κ1) is 13.7.